The zero-order chi connectivity index (χ0) is 17.9. The van der Waals surface area contributed by atoms with Crippen LogP contribution in [0.25, 0.3) is 0 Å². The average molecular weight is 409 g/mol. The van der Waals surface area contributed by atoms with E-state index in [1.54, 1.807) is 18.2 Å². The van der Waals surface area contributed by atoms with E-state index in [1.807, 2.05) is 0 Å². The van der Waals surface area contributed by atoms with E-state index >= 15 is 0 Å². The van der Waals surface area contributed by atoms with Crippen LogP contribution >= 0.6 is 34.8 Å². The van der Waals surface area contributed by atoms with Gasteiger partial charge in [-0.1, -0.05) is 53.0 Å². The van der Waals surface area contributed by atoms with E-state index in [2.05, 4.69) is 0 Å². The highest BCUT2D eigenvalue weighted by atomic mass is 35.5. The lowest BCUT2D eigenvalue weighted by atomic mass is 10.3. The first-order valence-corrected chi connectivity index (χ1v) is 9.25. The zero-order valence-electron chi connectivity index (χ0n) is 12.1. The first kappa shape index (κ1) is 18.9. The number of rotatable bonds is 6. The summed E-state index contributed by atoms with van der Waals surface area (Å²) >= 11 is 17.9. The van der Waals surface area contributed by atoms with Crippen LogP contribution in [0.5, 0.6) is 0 Å². The first-order valence-electron chi connectivity index (χ1n) is 6.67. The minimum absolute atomic E-state index is 0.0116. The molecule has 0 aromatic heterocycles. The molecule has 0 spiro atoms. The summed E-state index contributed by atoms with van der Waals surface area (Å²) in [5.41, 5.74) is 0.0659. The predicted octanol–water partition coefficient (Wildman–Crippen LogP) is 4.32. The molecule has 0 atom stereocenters. The molecule has 2 aromatic rings. The van der Waals surface area contributed by atoms with Crippen LogP contribution in [0.15, 0.2) is 47.4 Å². The molecule has 128 valence electrons. The van der Waals surface area contributed by atoms with Crippen molar-refractivity contribution < 1.29 is 18.3 Å². The quantitative estimate of drug-likeness (QED) is 0.722. The molecule has 2 rings (SSSR count). The lowest BCUT2D eigenvalue weighted by Gasteiger charge is -2.25. The third kappa shape index (κ3) is 4.13. The number of benzene rings is 2. The van der Waals surface area contributed by atoms with Gasteiger partial charge in [-0.2, -0.15) is 0 Å². The van der Waals surface area contributed by atoms with Crippen LogP contribution in [-0.2, 0) is 14.8 Å². The number of nitrogens with zero attached hydrogens (tertiary/aromatic N) is 1. The Balaban J connectivity index is 2.57. The van der Waals surface area contributed by atoms with Crippen LogP contribution in [0.1, 0.15) is 6.42 Å². The van der Waals surface area contributed by atoms with Gasteiger partial charge in [0, 0.05) is 6.54 Å². The molecule has 0 saturated carbocycles. The Morgan fingerprint density at radius 2 is 1.58 bits per heavy atom. The summed E-state index contributed by atoms with van der Waals surface area (Å²) in [6, 6.07) is 10.2. The molecule has 0 fully saturated rings. The average Bonchev–Trinajstić information content (AvgIpc) is 2.52. The fourth-order valence-electron chi connectivity index (χ4n) is 1.99. The van der Waals surface area contributed by atoms with Crippen molar-refractivity contribution in [1.29, 1.82) is 0 Å². The van der Waals surface area contributed by atoms with Crippen molar-refractivity contribution in [3.63, 3.8) is 0 Å². The number of carboxylic acid groups (broad SMARTS) is 1. The molecule has 2 aromatic carbocycles. The minimum Gasteiger partial charge on any atom is -0.481 e. The summed E-state index contributed by atoms with van der Waals surface area (Å²) in [6.07, 6.45) is -0.400. The van der Waals surface area contributed by atoms with Gasteiger partial charge in [-0.3, -0.25) is 9.10 Å². The van der Waals surface area contributed by atoms with Gasteiger partial charge in [0.2, 0.25) is 0 Å². The van der Waals surface area contributed by atoms with Crippen molar-refractivity contribution in [2.24, 2.45) is 0 Å². The van der Waals surface area contributed by atoms with Gasteiger partial charge in [0.25, 0.3) is 10.0 Å². The van der Waals surface area contributed by atoms with Crippen LogP contribution in [0.4, 0.5) is 5.69 Å². The molecule has 0 aliphatic rings. The van der Waals surface area contributed by atoms with E-state index in [-0.39, 0.29) is 32.2 Å². The number of hydrogen-bond donors (Lipinski definition) is 1. The maximum Gasteiger partial charge on any atom is 0.305 e. The van der Waals surface area contributed by atoms with Gasteiger partial charge in [0.15, 0.2) is 0 Å². The Bertz CT molecular complexity index is 857. The standard InChI is InChI=1S/C15H12Cl3NO4S/c16-11-8-13(18)14(9-12(11)17)19(7-6-15(20)21)24(22,23)10-4-2-1-3-5-10/h1-5,8-9H,6-7H2,(H,20,21). The van der Waals surface area contributed by atoms with Crippen LogP contribution in [-0.4, -0.2) is 26.0 Å². The Hall–Kier alpha value is -1.47. The molecule has 0 aliphatic heterocycles. The monoisotopic (exact) mass is 407 g/mol. The Morgan fingerprint density at radius 3 is 2.17 bits per heavy atom. The number of carboxylic acids is 1. The molecule has 5 nitrogen and oxygen atoms in total. The predicted molar refractivity (Wildman–Crippen MR) is 94.7 cm³/mol. The van der Waals surface area contributed by atoms with Gasteiger partial charge >= 0.3 is 5.97 Å². The summed E-state index contributed by atoms with van der Waals surface area (Å²) in [4.78, 5) is 10.9. The largest absolute Gasteiger partial charge is 0.481 e. The van der Waals surface area contributed by atoms with Crippen molar-refractivity contribution in [3.8, 4) is 0 Å². The van der Waals surface area contributed by atoms with Crippen LogP contribution in [0.2, 0.25) is 15.1 Å². The van der Waals surface area contributed by atoms with Gasteiger partial charge in [-0.05, 0) is 24.3 Å². The second-order valence-corrected chi connectivity index (χ2v) is 7.84. The molecule has 0 amide bonds. The Labute approximate surface area is 154 Å². The SMILES string of the molecule is O=C(O)CCN(c1cc(Cl)c(Cl)cc1Cl)S(=O)(=O)c1ccccc1. The molecule has 24 heavy (non-hydrogen) atoms. The summed E-state index contributed by atoms with van der Waals surface area (Å²) in [7, 11) is -4.02. The van der Waals surface area contributed by atoms with E-state index < -0.39 is 22.4 Å². The van der Waals surface area contributed by atoms with E-state index in [0.29, 0.717) is 0 Å². The molecule has 9 heteroatoms. The molecule has 0 saturated heterocycles. The third-order valence-electron chi connectivity index (χ3n) is 3.12. The van der Waals surface area contributed by atoms with Crippen LogP contribution < -0.4 is 4.31 Å². The van der Waals surface area contributed by atoms with Crippen LogP contribution in [0, 0.1) is 0 Å². The highest BCUT2D eigenvalue weighted by Gasteiger charge is 2.27. The van der Waals surface area contributed by atoms with Crippen LogP contribution in [0.3, 0.4) is 0 Å². The number of aliphatic carboxylic acids is 1. The maximum atomic E-state index is 12.9. The van der Waals surface area contributed by atoms with Crippen molar-refractivity contribution in [3.05, 3.63) is 57.5 Å². The maximum absolute atomic E-state index is 12.9. The van der Waals surface area contributed by atoms with E-state index in [4.69, 9.17) is 39.9 Å². The minimum atomic E-state index is -4.02. The number of sulfonamides is 1. The molecule has 0 unspecified atom stereocenters. The fraction of sp³-hybridized carbons (Fsp3) is 0.133. The summed E-state index contributed by atoms with van der Waals surface area (Å²) in [5.74, 6) is -1.14. The smallest absolute Gasteiger partial charge is 0.305 e. The first-order chi connectivity index (χ1) is 11.2. The van der Waals surface area contributed by atoms with Crippen molar-refractivity contribution >= 4 is 56.5 Å². The van der Waals surface area contributed by atoms with E-state index in [9.17, 15) is 13.2 Å². The second kappa shape index (κ2) is 7.61. The van der Waals surface area contributed by atoms with Gasteiger partial charge < -0.3 is 5.11 Å². The lowest BCUT2D eigenvalue weighted by Crippen LogP contribution is -2.33. The fourth-order valence-corrected chi connectivity index (χ4v) is 4.18. The Kier molecular flexibility index (Phi) is 5.98. The summed E-state index contributed by atoms with van der Waals surface area (Å²) in [6.45, 7) is -0.301. The topological polar surface area (TPSA) is 74.7 Å². The van der Waals surface area contributed by atoms with Crippen molar-refractivity contribution in [2.75, 3.05) is 10.8 Å². The molecular weight excluding hydrogens is 397 g/mol. The lowest BCUT2D eigenvalue weighted by molar-refractivity contribution is -0.136. The molecule has 0 radical (unpaired) electrons. The summed E-state index contributed by atoms with van der Waals surface area (Å²) < 4.78 is 26.7. The van der Waals surface area contributed by atoms with Gasteiger partial charge in [-0.25, -0.2) is 8.42 Å². The normalized spacial score (nSPS) is 11.3. The Morgan fingerprint density at radius 1 is 1.00 bits per heavy atom. The highest BCUT2D eigenvalue weighted by molar-refractivity contribution is 7.92. The van der Waals surface area contributed by atoms with E-state index in [0.717, 1.165) is 4.31 Å². The van der Waals surface area contributed by atoms with Crippen molar-refractivity contribution in [2.45, 2.75) is 11.3 Å². The molecule has 0 aliphatic carbocycles. The summed E-state index contributed by atoms with van der Waals surface area (Å²) in [5, 5.41) is 9.24. The van der Waals surface area contributed by atoms with Crippen molar-refractivity contribution in [1.82, 2.24) is 0 Å². The molecular formula is C15H12Cl3NO4S. The highest BCUT2D eigenvalue weighted by Crippen LogP contribution is 2.37. The number of hydrogen-bond acceptors (Lipinski definition) is 3. The zero-order valence-corrected chi connectivity index (χ0v) is 15.2. The third-order valence-corrected chi connectivity index (χ3v) is 5.97. The van der Waals surface area contributed by atoms with Gasteiger partial charge in [0.05, 0.1) is 32.1 Å². The number of carbonyl (C=O) groups is 1. The van der Waals surface area contributed by atoms with E-state index in [1.165, 1.54) is 24.3 Å². The molecule has 0 heterocycles. The number of anilines is 1. The second-order valence-electron chi connectivity index (χ2n) is 4.75. The van der Waals surface area contributed by atoms with Gasteiger partial charge in [0.1, 0.15) is 0 Å². The molecule has 1 N–H and O–H groups in total. The molecule has 0 bridgehead atoms. The number of halogens is 3. The van der Waals surface area contributed by atoms with Gasteiger partial charge in [-0.15, -0.1) is 0 Å².